The van der Waals surface area contributed by atoms with Crippen LogP contribution in [0.25, 0.3) is 0 Å². The monoisotopic (exact) mass is 499 g/mol. The molecule has 2 N–H and O–H groups in total. The molecule has 12 heteroatoms. The van der Waals surface area contributed by atoms with E-state index in [1.54, 1.807) is 0 Å². The number of nitro benzene ring substituents is 2. The molecular formula is C22H37N3O8Si. The standard InChI is InChI=1S/C22H37N3O8Si/c1-22(2,3)34(5,6)33-20(15-32-4)21(27)19(26)10-8-7-9-13-23-17-12-11-16(24(28)29)14-18(17)25(30)31/h11-12,14,20-21,23,27H,7-10,13,15H2,1-6H3/t20-,21?/m0/s1. The molecule has 0 amide bonds. The fourth-order valence-corrected chi connectivity index (χ4v) is 4.33. The number of carbonyl (C=O) groups excluding carboxylic acids is 1. The Morgan fingerprint density at radius 1 is 1.15 bits per heavy atom. The average molecular weight is 500 g/mol. The Balaban J connectivity index is 2.54. The van der Waals surface area contributed by atoms with Crippen molar-refractivity contribution in [2.24, 2.45) is 0 Å². The zero-order valence-electron chi connectivity index (χ0n) is 20.8. The number of nitrogens with one attached hydrogen (secondary N) is 1. The molecule has 0 aromatic heterocycles. The molecule has 0 aliphatic rings. The van der Waals surface area contributed by atoms with E-state index in [9.17, 15) is 30.1 Å². The number of Topliss-reactive ketones (excluding diaryl/α,β-unsaturated/α-hetero) is 1. The van der Waals surface area contributed by atoms with Gasteiger partial charge in [-0.15, -0.1) is 0 Å². The predicted molar refractivity (Wildman–Crippen MR) is 132 cm³/mol. The predicted octanol–water partition coefficient (Wildman–Crippen LogP) is 4.44. The van der Waals surface area contributed by atoms with Gasteiger partial charge in [0.15, 0.2) is 14.1 Å². The van der Waals surface area contributed by atoms with Gasteiger partial charge in [-0.2, -0.15) is 0 Å². The number of aliphatic hydroxyl groups is 1. The van der Waals surface area contributed by atoms with E-state index in [2.05, 4.69) is 39.2 Å². The molecule has 0 heterocycles. The largest absolute Gasteiger partial charge is 0.408 e. The van der Waals surface area contributed by atoms with Gasteiger partial charge in [0.2, 0.25) is 0 Å². The van der Waals surface area contributed by atoms with Gasteiger partial charge in [-0.1, -0.05) is 27.2 Å². The van der Waals surface area contributed by atoms with Crippen molar-refractivity contribution in [3.05, 3.63) is 38.4 Å². The highest BCUT2D eigenvalue weighted by Crippen LogP contribution is 2.37. The summed E-state index contributed by atoms with van der Waals surface area (Å²) in [5, 5.41) is 35.4. The van der Waals surface area contributed by atoms with Crippen LogP contribution < -0.4 is 5.32 Å². The zero-order chi connectivity index (χ0) is 26.1. The Kier molecular flexibility index (Phi) is 11.2. The lowest BCUT2D eigenvalue weighted by atomic mass is 10.0. The van der Waals surface area contributed by atoms with E-state index in [1.165, 1.54) is 19.2 Å². The first-order chi connectivity index (χ1) is 15.7. The molecule has 192 valence electrons. The number of unbranched alkanes of at least 4 members (excludes halogenated alkanes) is 2. The molecule has 2 atom stereocenters. The summed E-state index contributed by atoms with van der Waals surface area (Å²) in [6, 6.07) is 3.44. The second kappa shape index (κ2) is 12.9. The molecule has 0 fully saturated rings. The highest BCUT2D eigenvalue weighted by molar-refractivity contribution is 6.74. The third-order valence-corrected chi connectivity index (χ3v) is 10.6. The van der Waals surface area contributed by atoms with Crippen LogP contribution >= 0.6 is 0 Å². The third-order valence-electron chi connectivity index (χ3n) is 6.07. The van der Waals surface area contributed by atoms with E-state index in [0.29, 0.717) is 25.8 Å². The van der Waals surface area contributed by atoms with Crippen LogP contribution in [0.1, 0.15) is 46.5 Å². The van der Waals surface area contributed by atoms with Crippen LogP contribution in [0.5, 0.6) is 0 Å². The topological polar surface area (TPSA) is 154 Å². The van der Waals surface area contributed by atoms with Crippen LogP contribution in [0.3, 0.4) is 0 Å². The van der Waals surface area contributed by atoms with E-state index in [4.69, 9.17) is 9.16 Å². The third kappa shape index (κ3) is 8.74. The van der Waals surface area contributed by atoms with Gasteiger partial charge in [0.25, 0.3) is 11.4 Å². The fourth-order valence-electron chi connectivity index (χ4n) is 3.02. The van der Waals surface area contributed by atoms with Crippen molar-refractivity contribution in [1.29, 1.82) is 0 Å². The van der Waals surface area contributed by atoms with Crippen LogP contribution in [0.2, 0.25) is 18.1 Å². The van der Waals surface area contributed by atoms with Crippen molar-refractivity contribution < 1.29 is 28.9 Å². The number of benzene rings is 1. The summed E-state index contributed by atoms with van der Waals surface area (Å²) in [5.41, 5.74) is -0.510. The van der Waals surface area contributed by atoms with Gasteiger partial charge in [0.05, 0.1) is 22.5 Å². The Labute approximate surface area is 201 Å². The Morgan fingerprint density at radius 3 is 2.32 bits per heavy atom. The number of nitrogens with zero attached hydrogens (tertiary/aromatic N) is 2. The number of methoxy groups -OCH3 is 1. The highest BCUT2D eigenvalue weighted by atomic mass is 28.4. The lowest BCUT2D eigenvalue weighted by molar-refractivity contribution is -0.393. The summed E-state index contributed by atoms with van der Waals surface area (Å²) < 4.78 is 11.4. The van der Waals surface area contributed by atoms with Crippen LogP contribution in [-0.4, -0.2) is 61.5 Å². The van der Waals surface area contributed by atoms with Gasteiger partial charge >= 0.3 is 0 Å². The number of anilines is 1. The molecule has 1 rings (SSSR count). The lowest BCUT2D eigenvalue weighted by Gasteiger charge is -2.40. The molecule has 34 heavy (non-hydrogen) atoms. The van der Waals surface area contributed by atoms with Crippen molar-refractivity contribution in [3.63, 3.8) is 0 Å². The second-order valence-corrected chi connectivity index (χ2v) is 14.5. The number of aliphatic hydroxyl groups excluding tert-OH is 1. The number of rotatable bonds is 15. The van der Waals surface area contributed by atoms with Crippen LogP contribution in [0.15, 0.2) is 18.2 Å². The van der Waals surface area contributed by atoms with Gasteiger partial charge in [-0.3, -0.25) is 25.0 Å². The first-order valence-corrected chi connectivity index (χ1v) is 14.2. The number of ketones is 1. The summed E-state index contributed by atoms with van der Waals surface area (Å²) in [6.07, 6.45) is 0.0151. The highest BCUT2D eigenvalue weighted by Gasteiger charge is 2.41. The minimum absolute atomic E-state index is 0.0759. The van der Waals surface area contributed by atoms with Crippen molar-refractivity contribution in [1.82, 2.24) is 0 Å². The maximum absolute atomic E-state index is 12.5. The molecular weight excluding hydrogens is 462 g/mol. The maximum Gasteiger partial charge on any atom is 0.299 e. The zero-order valence-corrected chi connectivity index (χ0v) is 21.8. The summed E-state index contributed by atoms with van der Waals surface area (Å²) in [6.45, 7) is 10.9. The van der Waals surface area contributed by atoms with Crippen LogP contribution in [0, 0.1) is 20.2 Å². The number of carbonyl (C=O) groups is 1. The lowest BCUT2D eigenvalue weighted by Crippen LogP contribution is -2.50. The first-order valence-electron chi connectivity index (χ1n) is 11.3. The number of ether oxygens (including phenoxy) is 1. The molecule has 0 saturated carbocycles. The van der Waals surface area contributed by atoms with Gasteiger partial charge < -0.3 is 19.6 Å². The van der Waals surface area contributed by atoms with Crippen LogP contribution in [0.4, 0.5) is 17.1 Å². The van der Waals surface area contributed by atoms with Gasteiger partial charge in [0, 0.05) is 26.1 Å². The molecule has 0 radical (unpaired) electrons. The Morgan fingerprint density at radius 2 is 1.79 bits per heavy atom. The van der Waals surface area contributed by atoms with Gasteiger partial charge in [-0.25, -0.2) is 0 Å². The van der Waals surface area contributed by atoms with E-state index in [0.717, 1.165) is 6.07 Å². The Hall–Kier alpha value is -2.41. The molecule has 0 spiro atoms. The number of hydrogen-bond acceptors (Lipinski definition) is 9. The summed E-state index contributed by atoms with van der Waals surface area (Å²) >= 11 is 0. The van der Waals surface area contributed by atoms with Crippen molar-refractivity contribution in [2.45, 2.75) is 76.8 Å². The van der Waals surface area contributed by atoms with Gasteiger partial charge in [-0.05, 0) is 37.0 Å². The molecule has 0 aliphatic heterocycles. The van der Waals surface area contributed by atoms with E-state index < -0.39 is 30.4 Å². The van der Waals surface area contributed by atoms with Gasteiger partial charge in [0.1, 0.15) is 17.9 Å². The van der Waals surface area contributed by atoms with E-state index in [-0.39, 0.29) is 40.9 Å². The smallest absolute Gasteiger partial charge is 0.299 e. The van der Waals surface area contributed by atoms with E-state index in [1.807, 2.05) is 0 Å². The molecule has 11 nitrogen and oxygen atoms in total. The molecule has 1 unspecified atom stereocenters. The van der Waals surface area contributed by atoms with Crippen LogP contribution in [-0.2, 0) is 14.0 Å². The minimum atomic E-state index is -2.20. The SMILES string of the molecule is COC[C@H](O[Si](C)(C)C(C)(C)C)C(O)C(=O)CCCCCNc1ccc([N+](=O)[O-])cc1[N+](=O)[O-]. The molecule has 0 aliphatic carbocycles. The summed E-state index contributed by atoms with van der Waals surface area (Å²) in [4.78, 5) is 33.2. The first kappa shape index (κ1) is 29.6. The number of hydrogen-bond donors (Lipinski definition) is 2. The summed E-state index contributed by atoms with van der Waals surface area (Å²) in [7, 11) is -0.702. The summed E-state index contributed by atoms with van der Waals surface area (Å²) in [5.74, 6) is -0.306. The number of nitro groups is 2. The molecule has 1 aromatic carbocycles. The van der Waals surface area contributed by atoms with E-state index >= 15 is 0 Å². The quantitative estimate of drug-likeness (QED) is 0.154. The fraction of sp³-hybridized carbons (Fsp3) is 0.682. The minimum Gasteiger partial charge on any atom is -0.408 e. The molecule has 1 aromatic rings. The van der Waals surface area contributed by atoms with Crippen molar-refractivity contribution in [3.8, 4) is 0 Å². The maximum atomic E-state index is 12.5. The molecule has 0 saturated heterocycles. The molecule has 0 bridgehead atoms. The van der Waals surface area contributed by atoms with Crippen molar-refractivity contribution in [2.75, 3.05) is 25.6 Å². The number of non-ortho nitro benzene ring substituents is 1. The van der Waals surface area contributed by atoms with Crippen molar-refractivity contribution >= 4 is 31.2 Å². The second-order valence-electron chi connectivity index (χ2n) is 9.74. The normalized spacial score (nSPS) is 13.9. The Bertz CT molecular complexity index is 857. The average Bonchev–Trinajstić information content (AvgIpc) is 2.73.